The van der Waals surface area contributed by atoms with Crippen LogP contribution in [0, 0.1) is 11.7 Å². The maximum atomic E-state index is 13.6. The lowest BCUT2D eigenvalue weighted by Crippen LogP contribution is -2.14. The fourth-order valence-electron chi connectivity index (χ4n) is 3.53. The molecule has 1 aliphatic carbocycles. The zero-order valence-electron chi connectivity index (χ0n) is 10.5. The number of benzene rings is 1. The van der Waals surface area contributed by atoms with Crippen molar-refractivity contribution in [3.8, 4) is 0 Å². The van der Waals surface area contributed by atoms with Gasteiger partial charge in [-0.2, -0.15) is 0 Å². The molecule has 1 heterocycles. The van der Waals surface area contributed by atoms with Gasteiger partial charge in [0.05, 0.1) is 5.69 Å². The van der Waals surface area contributed by atoms with E-state index >= 15 is 0 Å². The maximum Gasteiger partial charge on any atom is 0.124 e. The lowest BCUT2D eigenvalue weighted by molar-refractivity contribution is 0.393. The van der Waals surface area contributed by atoms with Crippen molar-refractivity contribution in [2.24, 2.45) is 5.92 Å². The molecule has 0 amide bonds. The van der Waals surface area contributed by atoms with Gasteiger partial charge in [0.1, 0.15) is 5.82 Å². The molecule has 1 saturated carbocycles. The zero-order chi connectivity index (χ0) is 12.5. The van der Waals surface area contributed by atoms with Crippen LogP contribution in [0.5, 0.6) is 0 Å². The number of nitrogens with one attached hydrogen (secondary N) is 1. The molecule has 0 saturated heterocycles. The van der Waals surface area contributed by atoms with Gasteiger partial charge < -0.3 is 5.32 Å². The number of hydrogen-bond acceptors (Lipinski definition) is 1. The van der Waals surface area contributed by atoms with Crippen LogP contribution < -0.4 is 5.32 Å². The van der Waals surface area contributed by atoms with Crippen molar-refractivity contribution >= 4 is 21.6 Å². The molecule has 0 aromatic heterocycles. The first-order valence-corrected chi connectivity index (χ1v) is 7.78. The molecule has 2 aliphatic rings. The van der Waals surface area contributed by atoms with Gasteiger partial charge >= 0.3 is 0 Å². The predicted molar refractivity (Wildman–Crippen MR) is 76.5 cm³/mol. The van der Waals surface area contributed by atoms with Gasteiger partial charge in [0.2, 0.25) is 0 Å². The van der Waals surface area contributed by atoms with Crippen LogP contribution in [-0.4, -0.2) is 6.54 Å². The number of anilines is 1. The van der Waals surface area contributed by atoms with Crippen LogP contribution in [0.25, 0.3) is 0 Å². The molecule has 3 rings (SSSR count). The number of halogens is 2. The van der Waals surface area contributed by atoms with E-state index in [0.29, 0.717) is 5.92 Å². The Bertz CT molecular complexity index is 438. The van der Waals surface area contributed by atoms with Crippen molar-refractivity contribution in [1.82, 2.24) is 0 Å². The topological polar surface area (TPSA) is 12.0 Å². The molecular weight excluding hydrogens is 293 g/mol. The van der Waals surface area contributed by atoms with Gasteiger partial charge in [0.25, 0.3) is 0 Å². The molecule has 98 valence electrons. The smallest absolute Gasteiger partial charge is 0.124 e. The van der Waals surface area contributed by atoms with Crippen molar-refractivity contribution in [1.29, 1.82) is 0 Å². The van der Waals surface area contributed by atoms with Gasteiger partial charge in [-0.1, -0.05) is 25.7 Å². The molecular formula is C15H19BrFN. The average Bonchev–Trinajstić information content (AvgIpc) is 2.59. The molecule has 1 aromatic carbocycles. The number of hydrogen-bond donors (Lipinski definition) is 1. The standard InChI is InChI=1S/C15H19BrFN/c16-14-8-11(17)7-12-13(9-18-15(12)14)10-5-3-1-2-4-6-10/h7-8,10,13,18H,1-6,9H2. The third kappa shape index (κ3) is 2.29. The quantitative estimate of drug-likeness (QED) is 0.714. The first kappa shape index (κ1) is 12.5. The largest absolute Gasteiger partial charge is 0.383 e. The van der Waals surface area contributed by atoms with Crippen LogP contribution in [0.1, 0.15) is 50.0 Å². The first-order valence-electron chi connectivity index (χ1n) is 6.98. The minimum Gasteiger partial charge on any atom is -0.383 e. The summed E-state index contributed by atoms with van der Waals surface area (Å²) < 4.78 is 14.5. The second-order valence-electron chi connectivity index (χ2n) is 5.59. The Morgan fingerprint density at radius 2 is 1.83 bits per heavy atom. The van der Waals surface area contributed by atoms with E-state index in [9.17, 15) is 4.39 Å². The Morgan fingerprint density at radius 1 is 1.11 bits per heavy atom. The van der Waals surface area contributed by atoms with Gasteiger partial charge in [-0.15, -0.1) is 0 Å². The fraction of sp³-hybridized carbons (Fsp3) is 0.600. The highest BCUT2D eigenvalue weighted by atomic mass is 79.9. The highest BCUT2D eigenvalue weighted by Crippen LogP contribution is 2.44. The molecule has 1 nitrogen and oxygen atoms in total. The summed E-state index contributed by atoms with van der Waals surface area (Å²) in [5, 5.41) is 3.45. The minimum atomic E-state index is -0.122. The summed E-state index contributed by atoms with van der Waals surface area (Å²) in [6.07, 6.45) is 8.03. The Morgan fingerprint density at radius 3 is 2.56 bits per heavy atom. The minimum absolute atomic E-state index is 0.122. The van der Waals surface area contributed by atoms with Gasteiger partial charge in [-0.25, -0.2) is 4.39 Å². The summed E-state index contributed by atoms with van der Waals surface area (Å²) in [6, 6.07) is 3.29. The SMILES string of the molecule is Fc1cc(Br)c2c(c1)C(C1CCCCCC1)CN2. The number of rotatable bonds is 1. The van der Waals surface area contributed by atoms with Gasteiger partial charge in [0, 0.05) is 16.9 Å². The van der Waals surface area contributed by atoms with Gasteiger partial charge in [0.15, 0.2) is 0 Å². The molecule has 1 aromatic rings. The van der Waals surface area contributed by atoms with E-state index in [1.165, 1.54) is 44.1 Å². The Kier molecular flexibility index (Phi) is 3.60. The van der Waals surface area contributed by atoms with Crippen molar-refractivity contribution in [3.05, 3.63) is 28.0 Å². The average molecular weight is 312 g/mol. The van der Waals surface area contributed by atoms with Crippen LogP contribution in [0.3, 0.4) is 0 Å². The Labute approximate surface area is 116 Å². The first-order chi connectivity index (χ1) is 8.75. The third-order valence-corrected chi connectivity index (χ3v) is 5.08. The van der Waals surface area contributed by atoms with E-state index in [0.717, 1.165) is 22.6 Å². The van der Waals surface area contributed by atoms with Gasteiger partial charge in [-0.3, -0.25) is 0 Å². The lowest BCUT2D eigenvalue weighted by Gasteiger charge is -2.22. The normalized spacial score (nSPS) is 24.4. The molecule has 1 atom stereocenters. The van der Waals surface area contributed by atoms with Crippen LogP contribution >= 0.6 is 15.9 Å². The summed E-state index contributed by atoms with van der Waals surface area (Å²) in [7, 11) is 0. The fourth-order valence-corrected chi connectivity index (χ4v) is 4.12. The molecule has 1 N–H and O–H groups in total. The number of fused-ring (bicyclic) bond motifs is 1. The molecule has 1 aliphatic heterocycles. The van der Waals surface area contributed by atoms with E-state index in [4.69, 9.17) is 0 Å². The van der Waals surface area contributed by atoms with E-state index in [-0.39, 0.29) is 5.82 Å². The van der Waals surface area contributed by atoms with Gasteiger partial charge in [-0.05, 0) is 52.4 Å². The summed E-state index contributed by atoms with van der Waals surface area (Å²) in [5.41, 5.74) is 2.31. The van der Waals surface area contributed by atoms with Crippen molar-refractivity contribution in [2.75, 3.05) is 11.9 Å². The van der Waals surface area contributed by atoms with E-state index in [1.54, 1.807) is 12.1 Å². The lowest BCUT2D eigenvalue weighted by atomic mass is 9.82. The van der Waals surface area contributed by atoms with Crippen LogP contribution in [0.2, 0.25) is 0 Å². The summed E-state index contributed by atoms with van der Waals surface area (Å²) in [5.74, 6) is 1.11. The molecule has 0 spiro atoms. The van der Waals surface area contributed by atoms with Crippen LogP contribution in [0.4, 0.5) is 10.1 Å². The van der Waals surface area contributed by atoms with Crippen molar-refractivity contribution in [3.63, 3.8) is 0 Å². The zero-order valence-corrected chi connectivity index (χ0v) is 12.1. The molecule has 1 unspecified atom stereocenters. The van der Waals surface area contributed by atoms with E-state index in [2.05, 4.69) is 21.2 Å². The van der Waals surface area contributed by atoms with E-state index in [1.807, 2.05) is 0 Å². The summed E-state index contributed by atoms with van der Waals surface area (Å²) >= 11 is 3.46. The summed E-state index contributed by atoms with van der Waals surface area (Å²) in [6.45, 7) is 0.974. The maximum absolute atomic E-state index is 13.6. The van der Waals surface area contributed by atoms with Crippen molar-refractivity contribution in [2.45, 2.75) is 44.4 Å². The Hall–Kier alpha value is -0.570. The highest BCUT2D eigenvalue weighted by Gasteiger charge is 2.31. The monoisotopic (exact) mass is 311 g/mol. The van der Waals surface area contributed by atoms with E-state index < -0.39 is 0 Å². The molecule has 1 fully saturated rings. The highest BCUT2D eigenvalue weighted by molar-refractivity contribution is 9.10. The second kappa shape index (κ2) is 5.20. The summed E-state index contributed by atoms with van der Waals surface area (Å²) in [4.78, 5) is 0. The Balaban J connectivity index is 1.89. The van der Waals surface area contributed by atoms with Crippen LogP contribution in [-0.2, 0) is 0 Å². The van der Waals surface area contributed by atoms with Crippen LogP contribution in [0.15, 0.2) is 16.6 Å². The second-order valence-corrected chi connectivity index (χ2v) is 6.45. The predicted octanol–water partition coefficient (Wildman–Crippen LogP) is 5.07. The molecule has 0 radical (unpaired) electrons. The molecule has 3 heteroatoms. The molecule has 18 heavy (non-hydrogen) atoms. The molecule has 0 bridgehead atoms. The third-order valence-electron chi connectivity index (χ3n) is 4.45. The van der Waals surface area contributed by atoms with Crippen molar-refractivity contribution < 1.29 is 4.39 Å².